The third-order valence-corrected chi connectivity index (χ3v) is 6.60. The first-order chi connectivity index (χ1) is 16.2. The van der Waals surface area contributed by atoms with Crippen LogP contribution in [0.4, 0.5) is 5.69 Å². The average molecular weight is 500 g/mol. The first-order valence-electron chi connectivity index (χ1n) is 10.8. The van der Waals surface area contributed by atoms with Gasteiger partial charge in [0.1, 0.15) is 11.6 Å². The zero-order valence-corrected chi connectivity index (χ0v) is 20.8. The van der Waals surface area contributed by atoms with E-state index >= 15 is 0 Å². The van der Waals surface area contributed by atoms with Gasteiger partial charge in [0.15, 0.2) is 0 Å². The van der Waals surface area contributed by atoms with Crippen molar-refractivity contribution in [1.29, 1.82) is 0 Å². The molecular weight excluding hydrogens is 474 g/mol. The quantitative estimate of drug-likeness (QED) is 0.279. The number of benzene rings is 2. The molecule has 178 valence electrons. The van der Waals surface area contributed by atoms with Gasteiger partial charge in [0.05, 0.1) is 11.5 Å². The second kappa shape index (κ2) is 11.3. The van der Waals surface area contributed by atoms with Gasteiger partial charge in [-0.2, -0.15) is 0 Å². The van der Waals surface area contributed by atoms with Crippen LogP contribution >= 0.6 is 22.9 Å². The van der Waals surface area contributed by atoms with Crippen LogP contribution in [-0.4, -0.2) is 39.1 Å². The van der Waals surface area contributed by atoms with Gasteiger partial charge in [-0.1, -0.05) is 41.9 Å². The van der Waals surface area contributed by atoms with E-state index < -0.39 is 10.8 Å². The van der Waals surface area contributed by atoms with Crippen LogP contribution in [0.2, 0.25) is 5.02 Å². The smallest absolute Gasteiger partial charge is 0.288 e. The number of thiophene rings is 1. The molecule has 1 heterocycles. The number of hydrogen-bond acceptors (Lipinski definition) is 5. The predicted molar refractivity (Wildman–Crippen MR) is 134 cm³/mol. The Morgan fingerprint density at radius 3 is 2.35 bits per heavy atom. The molecule has 0 aliphatic rings. The van der Waals surface area contributed by atoms with Crippen molar-refractivity contribution in [1.82, 2.24) is 9.80 Å². The van der Waals surface area contributed by atoms with Gasteiger partial charge < -0.3 is 9.80 Å². The van der Waals surface area contributed by atoms with Gasteiger partial charge in [-0.05, 0) is 50.6 Å². The number of amides is 2. The SMILES string of the molecule is Cc1ccc(CN(Cc2ccccc2)C(=O)CN(C(=O)c2ccc(Cl)c([N+](=O)[O-])c2)C(C)C)s1. The van der Waals surface area contributed by atoms with Crippen LogP contribution in [0.5, 0.6) is 0 Å². The van der Waals surface area contributed by atoms with Crippen molar-refractivity contribution in [2.24, 2.45) is 0 Å². The topological polar surface area (TPSA) is 83.8 Å². The maximum absolute atomic E-state index is 13.4. The molecule has 1 aromatic heterocycles. The molecular formula is C25H26ClN3O4S. The fourth-order valence-electron chi connectivity index (χ4n) is 3.48. The minimum absolute atomic E-state index is 0.0472. The standard InChI is InChI=1S/C25H26ClN3O4S/c1-17(2)28(25(31)20-10-12-22(26)23(13-20)29(32)33)16-24(30)27(14-19-7-5-4-6-8-19)15-21-11-9-18(3)34-21/h4-13,17H,14-16H2,1-3H3. The van der Waals surface area contributed by atoms with Crippen molar-refractivity contribution in [3.63, 3.8) is 0 Å². The van der Waals surface area contributed by atoms with Crippen LogP contribution in [0.15, 0.2) is 60.7 Å². The Hall–Kier alpha value is -3.23. The molecule has 0 N–H and O–H groups in total. The van der Waals surface area contributed by atoms with E-state index in [0.717, 1.165) is 21.4 Å². The van der Waals surface area contributed by atoms with E-state index in [-0.39, 0.29) is 34.8 Å². The van der Waals surface area contributed by atoms with Gasteiger partial charge in [-0.15, -0.1) is 11.3 Å². The van der Waals surface area contributed by atoms with Crippen LogP contribution in [0.25, 0.3) is 0 Å². The Morgan fingerprint density at radius 1 is 1.06 bits per heavy atom. The molecule has 0 saturated carbocycles. The zero-order valence-electron chi connectivity index (χ0n) is 19.2. The van der Waals surface area contributed by atoms with Crippen LogP contribution in [0.1, 0.15) is 39.5 Å². The number of carbonyl (C=O) groups is 2. The van der Waals surface area contributed by atoms with E-state index in [1.165, 1.54) is 17.0 Å². The molecule has 34 heavy (non-hydrogen) atoms. The van der Waals surface area contributed by atoms with Gasteiger partial charge in [0.2, 0.25) is 5.91 Å². The molecule has 7 nitrogen and oxygen atoms in total. The van der Waals surface area contributed by atoms with Crippen LogP contribution in [0.3, 0.4) is 0 Å². The molecule has 0 fully saturated rings. The molecule has 0 bridgehead atoms. The lowest BCUT2D eigenvalue weighted by molar-refractivity contribution is -0.384. The van der Waals surface area contributed by atoms with Gasteiger partial charge in [0.25, 0.3) is 11.6 Å². The molecule has 2 aromatic carbocycles. The fourth-order valence-corrected chi connectivity index (χ4v) is 4.57. The second-order valence-electron chi connectivity index (χ2n) is 8.20. The van der Waals surface area contributed by atoms with Crippen molar-refractivity contribution in [2.45, 2.75) is 39.9 Å². The summed E-state index contributed by atoms with van der Waals surface area (Å²) in [4.78, 5) is 42.7. The van der Waals surface area contributed by atoms with Crippen LogP contribution in [0, 0.1) is 17.0 Å². The first kappa shape index (κ1) is 25.4. The van der Waals surface area contributed by atoms with E-state index in [2.05, 4.69) is 0 Å². The zero-order chi connectivity index (χ0) is 24.8. The third-order valence-electron chi connectivity index (χ3n) is 5.29. The highest BCUT2D eigenvalue weighted by molar-refractivity contribution is 7.11. The van der Waals surface area contributed by atoms with E-state index in [0.29, 0.717) is 13.1 Å². The Kier molecular flexibility index (Phi) is 8.41. The molecule has 0 saturated heterocycles. The fraction of sp³-hybridized carbons (Fsp3) is 0.280. The number of nitro groups is 1. The Labute approximate surface area is 207 Å². The van der Waals surface area contributed by atoms with Gasteiger partial charge >= 0.3 is 0 Å². The van der Waals surface area contributed by atoms with E-state index in [4.69, 9.17) is 11.6 Å². The number of aryl methyl sites for hydroxylation is 1. The number of nitro benzene ring substituents is 1. The summed E-state index contributed by atoms with van der Waals surface area (Å²) >= 11 is 7.52. The summed E-state index contributed by atoms with van der Waals surface area (Å²) in [5.74, 6) is -0.671. The Balaban J connectivity index is 1.84. The molecule has 0 spiro atoms. The van der Waals surface area contributed by atoms with Crippen molar-refractivity contribution < 1.29 is 14.5 Å². The molecule has 9 heteroatoms. The summed E-state index contributed by atoms with van der Waals surface area (Å²) < 4.78 is 0. The molecule has 0 radical (unpaired) electrons. The van der Waals surface area contributed by atoms with Crippen molar-refractivity contribution in [3.05, 3.63) is 96.7 Å². The predicted octanol–water partition coefficient (Wildman–Crippen LogP) is 5.70. The normalized spacial score (nSPS) is 10.9. The van der Waals surface area contributed by atoms with Crippen LogP contribution < -0.4 is 0 Å². The monoisotopic (exact) mass is 499 g/mol. The molecule has 0 unspecified atom stereocenters. The highest BCUT2D eigenvalue weighted by atomic mass is 35.5. The Morgan fingerprint density at radius 2 is 1.76 bits per heavy atom. The first-order valence-corrected chi connectivity index (χ1v) is 12.0. The number of halogens is 1. The summed E-state index contributed by atoms with van der Waals surface area (Å²) in [6.07, 6.45) is 0. The van der Waals surface area contributed by atoms with Crippen LogP contribution in [-0.2, 0) is 17.9 Å². The summed E-state index contributed by atoms with van der Waals surface area (Å²) in [7, 11) is 0. The highest BCUT2D eigenvalue weighted by Crippen LogP contribution is 2.26. The van der Waals surface area contributed by atoms with E-state index in [1.807, 2.05) is 49.4 Å². The van der Waals surface area contributed by atoms with Crippen molar-refractivity contribution in [3.8, 4) is 0 Å². The molecule has 0 aliphatic heterocycles. The molecule has 3 aromatic rings. The minimum Gasteiger partial charge on any atom is -0.332 e. The number of rotatable bonds is 9. The summed E-state index contributed by atoms with van der Waals surface area (Å²) in [6, 6.07) is 17.3. The summed E-state index contributed by atoms with van der Waals surface area (Å²) in [6.45, 7) is 6.31. The lowest BCUT2D eigenvalue weighted by Crippen LogP contribution is -2.45. The molecule has 0 atom stereocenters. The lowest BCUT2D eigenvalue weighted by Gasteiger charge is -2.30. The van der Waals surface area contributed by atoms with E-state index in [1.54, 1.807) is 30.1 Å². The second-order valence-corrected chi connectivity index (χ2v) is 9.98. The molecule has 0 aliphatic carbocycles. The maximum atomic E-state index is 13.4. The number of nitrogens with zero attached hydrogens (tertiary/aromatic N) is 3. The van der Waals surface area contributed by atoms with Gasteiger partial charge in [-0.3, -0.25) is 19.7 Å². The lowest BCUT2D eigenvalue weighted by atomic mass is 10.1. The Bertz CT molecular complexity index is 1180. The van der Waals surface area contributed by atoms with Gasteiger partial charge in [-0.25, -0.2) is 0 Å². The van der Waals surface area contributed by atoms with E-state index in [9.17, 15) is 19.7 Å². The summed E-state index contributed by atoms with van der Waals surface area (Å²) in [5.41, 5.74) is 0.752. The largest absolute Gasteiger partial charge is 0.332 e. The minimum atomic E-state index is -0.630. The number of carbonyl (C=O) groups excluding carboxylic acids is 2. The average Bonchev–Trinajstić information content (AvgIpc) is 3.21. The third kappa shape index (κ3) is 6.42. The highest BCUT2D eigenvalue weighted by Gasteiger charge is 2.26. The molecule has 3 rings (SSSR count). The number of hydrogen-bond donors (Lipinski definition) is 0. The summed E-state index contributed by atoms with van der Waals surface area (Å²) in [5, 5.41) is 11.2. The maximum Gasteiger partial charge on any atom is 0.288 e. The molecule has 2 amide bonds. The van der Waals surface area contributed by atoms with Gasteiger partial charge in [0, 0.05) is 34.0 Å². The van der Waals surface area contributed by atoms with Crippen molar-refractivity contribution in [2.75, 3.05) is 6.54 Å². The van der Waals surface area contributed by atoms with Crippen molar-refractivity contribution >= 4 is 40.4 Å².